The average Bonchev–Trinajstić information content (AvgIpc) is 3.43. The third-order valence-electron chi connectivity index (χ3n) is 4.52. The van der Waals surface area contributed by atoms with Gasteiger partial charge in [-0.05, 0) is 38.0 Å². The van der Waals surface area contributed by atoms with Crippen molar-refractivity contribution < 1.29 is 9.59 Å². The molecule has 0 saturated heterocycles. The van der Waals surface area contributed by atoms with Gasteiger partial charge in [0.15, 0.2) is 5.78 Å². The van der Waals surface area contributed by atoms with Gasteiger partial charge in [0, 0.05) is 25.3 Å². The Morgan fingerprint density at radius 3 is 2.48 bits per heavy atom. The zero-order valence-electron chi connectivity index (χ0n) is 17.1. The Balaban J connectivity index is 1.25. The van der Waals surface area contributed by atoms with E-state index in [0.717, 1.165) is 57.6 Å². The molecule has 0 atom stereocenters. The highest BCUT2D eigenvalue weighted by molar-refractivity contribution is 7.15. The number of amides is 1. The summed E-state index contributed by atoms with van der Waals surface area (Å²) in [4.78, 5) is 31.2. The molecule has 2 N–H and O–H groups in total. The first-order valence-electron chi connectivity index (χ1n) is 9.87. The van der Waals surface area contributed by atoms with Crippen molar-refractivity contribution in [2.45, 2.75) is 46.0 Å². The monoisotopic (exact) mass is 455 g/mol. The predicted molar refractivity (Wildman–Crippen MR) is 120 cm³/mol. The van der Waals surface area contributed by atoms with Crippen LogP contribution in [-0.2, 0) is 24.1 Å². The van der Waals surface area contributed by atoms with Crippen molar-refractivity contribution in [3.8, 4) is 0 Å². The molecule has 160 valence electrons. The van der Waals surface area contributed by atoms with Crippen LogP contribution in [0.25, 0.3) is 11.0 Å². The molecule has 11 heteroatoms. The number of fused-ring (bicyclic) bond motifs is 1. The van der Waals surface area contributed by atoms with Crippen LogP contribution in [0.1, 0.15) is 51.0 Å². The van der Waals surface area contributed by atoms with E-state index in [-0.39, 0.29) is 18.1 Å². The van der Waals surface area contributed by atoms with Gasteiger partial charge in [-0.25, -0.2) is 4.98 Å². The minimum absolute atomic E-state index is 0.0168. The lowest BCUT2D eigenvalue weighted by atomic mass is 10.1. The van der Waals surface area contributed by atoms with Crippen molar-refractivity contribution in [1.82, 2.24) is 30.4 Å². The second-order valence-corrected chi connectivity index (χ2v) is 9.34. The standard InChI is InChI=1S/C20H21N7O2S2/c1-11-21-14-8-7-13(9-15(14)22-11)16(29)10-19-26-24-17(30-19)5-3-4-6-18-25-27-20(31-18)23-12(2)28/h7-9H,3-6,10H2,1-2H3,(H,21,22)(H,23,27,28). The Bertz CT molecular complexity index is 1230. The summed E-state index contributed by atoms with van der Waals surface area (Å²) in [5, 5.41) is 22.2. The maximum Gasteiger partial charge on any atom is 0.223 e. The minimum Gasteiger partial charge on any atom is -0.342 e. The summed E-state index contributed by atoms with van der Waals surface area (Å²) in [6, 6.07) is 5.50. The number of nitrogens with zero attached hydrogens (tertiary/aromatic N) is 5. The van der Waals surface area contributed by atoms with E-state index in [1.165, 1.54) is 29.6 Å². The van der Waals surface area contributed by atoms with Crippen LogP contribution in [0, 0.1) is 6.92 Å². The number of imidazole rings is 1. The lowest BCUT2D eigenvalue weighted by molar-refractivity contribution is -0.114. The highest BCUT2D eigenvalue weighted by Crippen LogP contribution is 2.20. The second-order valence-electron chi connectivity index (χ2n) is 7.13. The topological polar surface area (TPSA) is 126 Å². The van der Waals surface area contributed by atoms with Gasteiger partial charge < -0.3 is 10.3 Å². The summed E-state index contributed by atoms with van der Waals surface area (Å²) in [7, 11) is 0. The normalized spacial score (nSPS) is 11.2. The average molecular weight is 456 g/mol. The predicted octanol–water partition coefficient (Wildman–Crippen LogP) is 3.52. The van der Waals surface area contributed by atoms with E-state index >= 15 is 0 Å². The van der Waals surface area contributed by atoms with E-state index in [4.69, 9.17) is 0 Å². The Morgan fingerprint density at radius 1 is 1.00 bits per heavy atom. The number of anilines is 1. The van der Waals surface area contributed by atoms with Crippen molar-refractivity contribution in [2.24, 2.45) is 0 Å². The van der Waals surface area contributed by atoms with E-state index in [1.807, 2.05) is 19.1 Å². The van der Waals surface area contributed by atoms with Gasteiger partial charge in [-0.15, -0.1) is 31.7 Å². The summed E-state index contributed by atoms with van der Waals surface area (Å²) in [6.07, 6.45) is 3.73. The largest absolute Gasteiger partial charge is 0.342 e. The van der Waals surface area contributed by atoms with Gasteiger partial charge in [-0.3, -0.25) is 9.59 Å². The molecule has 0 aliphatic heterocycles. The lowest BCUT2D eigenvalue weighted by Gasteiger charge is -1.98. The first-order valence-corrected chi connectivity index (χ1v) is 11.5. The number of nitrogens with one attached hydrogen (secondary N) is 2. The molecular formula is C20H21N7O2S2. The van der Waals surface area contributed by atoms with Crippen LogP contribution in [0.5, 0.6) is 0 Å². The van der Waals surface area contributed by atoms with Gasteiger partial charge in [-0.2, -0.15) is 0 Å². The molecule has 0 spiro atoms. The number of unbranched alkanes of at least 4 members (excludes halogenated alkanes) is 1. The van der Waals surface area contributed by atoms with Crippen LogP contribution in [0.15, 0.2) is 18.2 Å². The number of ketones is 1. The number of hydrogen-bond donors (Lipinski definition) is 2. The third-order valence-corrected chi connectivity index (χ3v) is 6.41. The number of aromatic nitrogens is 6. The minimum atomic E-state index is -0.148. The highest BCUT2D eigenvalue weighted by Gasteiger charge is 2.13. The van der Waals surface area contributed by atoms with Gasteiger partial charge in [0.05, 0.1) is 17.5 Å². The molecule has 0 saturated carbocycles. The fraction of sp³-hybridized carbons (Fsp3) is 0.350. The number of H-pyrrole nitrogens is 1. The number of Topliss-reactive ketones (excluding diaryl/α,β-unsaturated/α-hetero) is 1. The summed E-state index contributed by atoms with van der Waals surface area (Å²) in [5.74, 6) is 0.695. The van der Waals surface area contributed by atoms with E-state index in [2.05, 4.69) is 35.7 Å². The first-order chi connectivity index (χ1) is 15.0. The molecule has 0 aliphatic rings. The van der Waals surface area contributed by atoms with Crippen molar-refractivity contribution in [2.75, 3.05) is 5.32 Å². The summed E-state index contributed by atoms with van der Waals surface area (Å²) in [5.41, 5.74) is 2.36. The summed E-state index contributed by atoms with van der Waals surface area (Å²) >= 11 is 2.88. The van der Waals surface area contributed by atoms with Crippen molar-refractivity contribution in [3.05, 3.63) is 44.6 Å². The molecule has 4 rings (SSSR count). The van der Waals surface area contributed by atoms with Crippen LogP contribution < -0.4 is 5.32 Å². The molecule has 0 aliphatic carbocycles. The SMILES string of the molecule is CC(=O)Nc1nnc(CCCCc2nnc(CC(=O)c3ccc4nc(C)[nH]c4c3)s2)s1. The van der Waals surface area contributed by atoms with Crippen molar-refractivity contribution in [1.29, 1.82) is 0 Å². The number of carbonyl (C=O) groups is 2. The summed E-state index contributed by atoms with van der Waals surface area (Å²) in [6.45, 7) is 3.34. The molecule has 4 aromatic rings. The summed E-state index contributed by atoms with van der Waals surface area (Å²) < 4.78 is 0. The first kappa shape index (κ1) is 21.2. The van der Waals surface area contributed by atoms with Crippen LogP contribution in [0.2, 0.25) is 0 Å². The van der Waals surface area contributed by atoms with Gasteiger partial charge in [0.2, 0.25) is 11.0 Å². The lowest BCUT2D eigenvalue weighted by Crippen LogP contribution is -2.04. The third kappa shape index (κ3) is 5.56. The smallest absolute Gasteiger partial charge is 0.223 e. The molecule has 3 heterocycles. The van der Waals surface area contributed by atoms with E-state index in [9.17, 15) is 9.59 Å². The Labute approximate surface area is 186 Å². The van der Waals surface area contributed by atoms with Crippen molar-refractivity contribution in [3.63, 3.8) is 0 Å². The van der Waals surface area contributed by atoms with Gasteiger partial charge in [-0.1, -0.05) is 11.3 Å². The number of carbonyl (C=O) groups excluding carboxylic acids is 2. The van der Waals surface area contributed by atoms with Gasteiger partial charge in [0.1, 0.15) is 20.8 Å². The quantitative estimate of drug-likeness (QED) is 0.292. The molecule has 3 aromatic heterocycles. The number of benzene rings is 1. The van der Waals surface area contributed by atoms with E-state index in [0.29, 0.717) is 10.7 Å². The number of aryl methyl sites for hydroxylation is 3. The molecule has 0 radical (unpaired) electrons. The van der Waals surface area contributed by atoms with Crippen LogP contribution in [0.4, 0.5) is 5.13 Å². The maximum absolute atomic E-state index is 12.6. The molecule has 31 heavy (non-hydrogen) atoms. The zero-order chi connectivity index (χ0) is 21.8. The fourth-order valence-corrected chi connectivity index (χ4v) is 4.83. The van der Waals surface area contributed by atoms with Gasteiger partial charge in [0.25, 0.3) is 0 Å². The molecule has 0 fully saturated rings. The molecule has 0 bridgehead atoms. The maximum atomic E-state index is 12.6. The number of aromatic amines is 1. The fourth-order valence-electron chi connectivity index (χ4n) is 3.12. The number of rotatable bonds is 9. The van der Waals surface area contributed by atoms with Crippen LogP contribution in [-0.4, -0.2) is 42.1 Å². The highest BCUT2D eigenvalue weighted by atomic mass is 32.1. The second kappa shape index (κ2) is 9.40. The molecular weight excluding hydrogens is 434 g/mol. The number of hydrogen-bond acceptors (Lipinski definition) is 9. The van der Waals surface area contributed by atoms with E-state index in [1.54, 1.807) is 6.07 Å². The Hall–Kier alpha value is -3.05. The Morgan fingerprint density at radius 2 is 1.71 bits per heavy atom. The van der Waals surface area contributed by atoms with E-state index < -0.39 is 0 Å². The van der Waals surface area contributed by atoms with Crippen LogP contribution in [0.3, 0.4) is 0 Å². The molecule has 9 nitrogen and oxygen atoms in total. The van der Waals surface area contributed by atoms with Gasteiger partial charge >= 0.3 is 0 Å². The van der Waals surface area contributed by atoms with Crippen LogP contribution >= 0.6 is 22.7 Å². The Kier molecular flexibility index (Phi) is 6.42. The molecule has 1 aromatic carbocycles. The van der Waals surface area contributed by atoms with Crippen molar-refractivity contribution >= 4 is 50.5 Å². The zero-order valence-corrected chi connectivity index (χ0v) is 18.8. The molecule has 1 amide bonds. The molecule has 0 unspecified atom stereocenters.